The predicted molar refractivity (Wildman–Crippen MR) is 122 cm³/mol. The average Bonchev–Trinajstić information content (AvgIpc) is 3.35. The number of imide groups is 1. The lowest BCUT2D eigenvalue weighted by Gasteiger charge is -2.26. The van der Waals surface area contributed by atoms with Crippen molar-refractivity contribution in [3.05, 3.63) is 58.1 Å². The van der Waals surface area contributed by atoms with Crippen molar-refractivity contribution in [1.82, 2.24) is 4.90 Å². The average molecular weight is 484 g/mol. The van der Waals surface area contributed by atoms with Crippen LogP contribution in [0.25, 0.3) is 0 Å². The molecule has 1 spiro atoms. The Kier molecular flexibility index (Phi) is 5.14. The number of nitrogens with two attached hydrogens (primary N) is 2. The Morgan fingerprint density at radius 3 is 2.56 bits per heavy atom. The first-order valence-electron chi connectivity index (χ1n) is 10.9. The van der Waals surface area contributed by atoms with E-state index >= 15 is 0 Å². The van der Waals surface area contributed by atoms with Gasteiger partial charge in [-0.1, -0.05) is 23.7 Å². The summed E-state index contributed by atoms with van der Waals surface area (Å²) in [7, 11) is 1.55. The van der Waals surface area contributed by atoms with Crippen LogP contribution in [0.3, 0.4) is 0 Å². The molecule has 3 aliphatic rings. The molecule has 0 aromatic heterocycles. The standard InChI is InChI=1S/C24H23ClN4O5/c1-11-7-13(25)8-15-20(11)27-23(33)24(15)19-18(16(28-24)9-17(26)30)21(31)29(22(19)32)10-12-3-5-14(34-2)6-4-12/h3-8,16,18-19,28H,9-10H2,1-2H3,(H2,26,30)(H,27,33)/p+1/t16-,18+,19-,24+/m0/s1. The summed E-state index contributed by atoms with van der Waals surface area (Å²) in [6.45, 7) is 1.87. The summed E-state index contributed by atoms with van der Waals surface area (Å²) < 4.78 is 5.17. The van der Waals surface area contributed by atoms with Crippen LogP contribution >= 0.6 is 11.6 Å². The van der Waals surface area contributed by atoms with Crippen molar-refractivity contribution in [2.24, 2.45) is 17.6 Å². The van der Waals surface area contributed by atoms with Crippen LogP contribution in [0.5, 0.6) is 5.75 Å². The molecule has 2 aromatic carbocycles. The molecule has 10 heteroatoms. The minimum absolute atomic E-state index is 0.0527. The fourth-order valence-corrected chi connectivity index (χ4v) is 6.02. The van der Waals surface area contributed by atoms with Gasteiger partial charge in [-0.2, -0.15) is 0 Å². The Hall–Kier alpha value is -3.43. The normalized spacial score (nSPS) is 27.2. The predicted octanol–water partition coefficient (Wildman–Crippen LogP) is 0.427. The van der Waals surface area contributed by atoms with E-state index in [1.807, 2.05) is 6.92 Å². The van der Waals surface area contributed by atoms with Crippen molar-refractivity contribution >= 4 is 40.9 Å². The van der Waals surface area contributed by atoms with E-state index in [-0.39, 0.29) is 13.0 Å². The third-order valence-electron chi connectivity index (χ3n) is 7.17. The molecule has 0 saturated carbocycles. The number of aryl methyl sites for hydroxylation is 1. The van der Waals surface area contributed by atoms with E-state index in [0.29, 0.717) is 22.0 Å². The number of carbonyl (C=O) groups excluding carboxylic acids is 4. The lowest BCUT2D eigenvalue weighted by molar-refractivity contribution is -0.732. The number of ether oxygens (including phenoxy) is 1. The van der Waals surface area contributed by atoms with E-state index in [4.69, 9.17) is 22.1 Å². The van der Waals surface area contributed by atoms with E-state index in [1.54, 1.807) is 48.8 Å². The number of quaternary nitrogens is 1. The molecule has 176 valence electrons. The van der Waals surface area contributed by atoms with Gasteiger partial charge in [0.1, 0.15) is 23.6 Å². The lowest BCUT2D eigenvalue weighted by atomic mass is 9.76. The Labute approximate surface area is 200 Å². The number of rotatable bonds is 5. The van der Waals surface area contributed by atoms with Crippen molar-refractivity contribution < 1.29 is 29.2 Å². The van der Waals surface area contributed by atoms with Gasteiger partial charge in [-0.3, -0.25) is 24.1 Å². The zero-order chi connectivity index (χ0) is 24.4. The van der Waals surface area contributed by atoms with E-state index in [0.717, 1.165) is 11.1 Å². The van der Waals surface area contributed by atoms with Gasteiger partial charge in [-0.15, -0.1) is 0 Å². The van der Waals surface area contributed by atoms with Crippen LogP contribution < -0.4 is 21.1 Å². The van der Waals surface area contributed by atoms with Gasteiger partial charge in [0.25, 0.3) is 5.91 Å². The smallest absolute Gasteiger partial charge is 0.291 e. The molecule has 5 rings (SSSR count). The second-order valence-corrected chi connectivity index (χ2v) is 9.52. The van der Waals surface area contributed by atoms with Crippen LogP contribution in [-0.4, -0.2) is 41.7 Å². The minimum atomic E-state index is -1.41. The number of primary amides is 1. The maximum Gasteiger partial charge on any atom is 0.291 e. The first kappa shape index (κ1) is 22.4. The molecule has 3 heterocycles. The van der Waals surface area contributed by atoms with E-state index in [1.165, 1.54) is 4.90 Å². The maximum absolute atomic E-state index is 13.8. The van der Waals surface area contributed by atoms with Gasteiger partial charge in [0.2, 0.25) is 23.3 Å². The van der Waals surface area contributed by atoms with E-state index < -0.39 is 47.0 Å². The molecule has 0 radical (unpaired) electrons. The number of amides is 4. The minimum Gasteiger partial charge on any atom is -0.497 e. The summed E-state index contributed by atoms with van der Waals surface area (Å²) in [6.07, 6.45) is -0.138. The summed E-state index contributed by atoms with van der Waals surface area (Å²) in [5.74, 6) is -3.06. The van der Waals surface area contributed by atoms with Crippen molar-refractivity contribution in [3.8, 4) is 5.75 Å². The summed E-state index contributed by atoms with van der Waals surface area (Å²) in [5.41, 5.74) is 6.70. The fourth-order valence-electron chi connectivity index (χ4n) is 5.74. The first-order chi connectivity index (χ1) is 16.2. The van der Waals surface area contributed by atoms with Gasteiger partial charge in [0, 0.05) is 10.6 Å². The van der Waals surface area contributed by atoms with Gasteiger partial charge in [-0.05, 0) is 42.3 Å². The number of likely N-dealkylation sites (tertiary alicyclic amines) is 1. The van der Waals surface area contributed by atoms with Gasteiger partial charge in [-0.25, -0.2) is 0 Å². The molecule has 9 nitrogen and oxygen atoms in total. The summed E-state index contributed by atoms with van der Waals surface area (Å²) in [6, 6.07) is 9.77. The van der Waals surface area contributed by atoms with Crippen LogP contribution in [0.1, 0.15) is 23.1 Å². The highest BCUT2D eigenvalue weighted by Gasteiger charge is 2.74. The number of halogens is 1. The summed E-state index contributed by atoms with van der Waals surface area (Å²) in [5, 5.41) is 4.97. The molecule has 2 saturated heterocycles. The largest absolute Gasteiger partial charge is 0.497 e. The number of benzene rings is 2. The number of nitrogens with one attached hydrogen (secondary N) is 1. The van der Waals surface area contributed by atoms with Gasteiger partial charge in [0.15, 0.2) is 0 Å². The van der Waals surface area contributed by atoms with Gasteiger partial charge >= 0.3 is 0 Å². The topological polar surface area (TPSA) is 135 Å². The number of carbonyl (C=O) groups is 4. The lowest BCUT2D eigenvalue weighted by Crippen LogP contribution is -2.99. The molecule has 4 amide bonds. The number of fused-ring (bicyclic) bond motifs is 4. The number of anilines is 1. The Balaban J connectivity index is 1.59. The monoisotopic (exact) mass is 483 g/mol. The molecule has 34 heavy (non-hydrogen) atoms. The summed E-state index contributed by atoms with van der Waals surface area (Å²) >= 11 is 6.33. The fraction of sp³-hybridized carbons (Fsp3) is 0.333. The van der Waals surface area contributed by atoms with Gasteiger partial charge < -0.3 is 21.1 Å². The van der Waals surface area contributed by atoms with Gasteiger partial charge in [0.05, 0.1) is 25.8 Å². The van der Waals surface area contributed by atoms with Crippen molar-refractivity contribution in [3.63, 3.8) is 0 Å². The molecule has 4 atom stereocenters. The van der Waals surface area contributed by atoms with Crippen molar-refractivity contribution in [2.45, 2.75) is 31.5 Å². The van der Waals surface area contributed by atoms with Crippen LogP contribution in [0, 0.1) is 18.8 Å². The Bertz CT molecular complexity index is 1250. The highest BCUT2D eigenvalue weighted by Crippen LogP contribution is 2.51. The third kappa shape index (κ3) is 3.11. The quantitative estimate of drug-likeness (QED) is 0.530. The molecular weight excluding hydrogens is 460 g/mol. The highest BCUT2D eigenvalue weighted by molar-refractivity contribution is 6.31. The van der Waals surface area contributed by atoms with Crippen LogP contribution in [-0.2, 0) is 31.3 Å². The highest BCUT2D eigenvalue weighted by atomic mass is 35.5. The van der Waals surface area contributed by atoms with Crippen molar-refractivity contribution in [1.29, 1.82) is 0 Å². The molecule has 3 aliphatic heterocycles. The SMILES string of the molecule is COc1ccc(CN2C(=O)[C@@H]3[C@H](CC(N)=O)[NH2+][C@@]4(C(=O)Nc5c(C)cc(Cl)cc54)[C@@H]3C2=O)cc1. The van der Waals surface area contributed by atoms with Crippen LogP contribution in [0.4, 0.5) is 5.69 Å². The van der Waals surface area contributed by atoms with E-state index in [9.17, 15) is 19.2 Å². The molecule has 2 aromatic rings. The number of nitrogens with zero attached hydrogens (tertiary/aromatic N) is 1. The molecule has 0 bridgehead atoms. The van der Waals surface area contributed by atoms with E-state index in [2.05, 4.69) is 5.32 Å². The zero-order valence-corrected chi connectivity index (χ0v) is 19.4. The first-order valence-corrected chi connectivity index (χ1v) is 11.3. The summed E-state index contributed by atoms with van der Waals surface area (Å²) in [4.78, 5) is 53.9. The second-order valence-electron chi connectivity index (χ2n) is 9.08. The van der Waals surface area contributed by atoms with Crippen LogP contribution in [0.2, 0.25) is 5.02 Å². The Morgan fingerprint density at radius 1 is 1.21 bits per heavy atom. The molecular formula is C24H24ClN4O5+. The Morgan fingerprint density at radius 2 is 1.91 bits per heavy atom. The molecule has 0 unspecified atom stereocenters. The molecule has 5 N–H and O–H groups in total. The van der Waals surface area contributed by atoms with Crippen LogP contribution in [0.15, 0.2) is 36.4 Å². The number of hydrogen-bond acceptors (Lipinski definition) is 5. The number of hydrogen-bond donors (Lipinski definition) is 3. The van der Waals surface area contributed by atoms with Crippen molar-refractivity contribution in [2.75, 3.05) is 12.4 Å². The maximum atomic E-state index is 13.8. The number of methoxy groups -OCH3 is 1. The second kappa shape index (κ2) is 7.82. The zero-order valence-electron chi connectivity index (χ0n) is 18.6. The molecule has 0 aliphatic carbocycles. The third-order valence-corrected chi connectivity index (χ3v) is 7.39. The molecule has 2 fully saturated rings.